The normalized spacial score (nSPS) is 19.0. The summed E-state index contributed by atoms with van der Waals surface area (Å²) in [4.78, 5) is 22.7. The van der Waals surface area contributed by atoms with Crippen LogP contribution in [0.3, 0.4) is 0 Å². The van der Waals surface area contributed by atoms with E-state index in [2.05, 4.69) is 10.6 Å². The number of hydrogen-bond donors (Lipinski definition) is 3. The summed E-state index contributed by atoms with van der Waals surface area (Å²) in [6.07, 6.45) is -4.55. The number of carbonyl (C=O) groups is 2. The van der Waals surface area contributed by atoms with Gasteiger partial charge in [-0.3, -0.25) is 0 Å². The van der Waals surface area contributed by atoms with Crippen molar-refractivity contribution in [2.75, 3.05) is 0 Å². The molecule has 1 atom stereocenters. The van der Waals surface area contributed by atoms with Crippen LogP contribution in [0.25, 0.3) is 0 Å². The van der Waals surface area contributed by atoms with Gasteiger partial charge in [0.1, 0.15) is 0 Å². The number of carbonyl (C=O) groups excluding carboxylic acids is 1. The highest BCUT2D eigenvalue weighted by Crippen LogP contribution is 2.33. The maximum absolute atomic E-state index is 12.7. The van der Waals surface area contributed by atoms with Crippen LogP contribution < -0.4 is 10.6 Å². The number of carboxylic acids is 1. The Labute approximate surface area is 117 Å². The van der Waals surface area contributed by atoms with Crippen LogP contribution >= 0.6 is 0 Å². The van der Waals surface area contributed by atoms with E-state index in [1.807, 2.05) is 0 Å². The number of nitrogens with one attached hydrogen (secondary N) is 2. The maximum atomic E-state index is 12.7. The van der Waals surface area contributed by atoms with Gasteiger partial charge in [-0.2, -0.15) is 13.2 Å². The molecule has 8 heteroatoms. The molecular formula is C13H11F3N2O3. The minimum atomic E-state index is -4.55. The summed E-state index contributed by atoms with van der Waals surface area (Å²) in [5, 5.41) is 13.8. The molecule has 1 aliphatic heterocycles. The quantitative estimate of drug-likeness (QED) is 0.785. The lowest BCUT2D eigenvalue weighted by Gasteiger charge is -2.27. The molecule has 0 aliphatic carbocycles. The molecule has 2 amide bonds. The lowest BCUT2D eigenvalue weighted by molar-refractivity contribution is -0.137. The van der Waals surface area contributed by atoms with Crippen molar-refractivity contribution in [3.63, 3.8) is 0 Å². The summed E-state index contributed by atoms with van der Waals surface area (Å²) in [5.74, 6) is -1.32. The average Bonchev–Trinajstić information content (AvgIpc) is 2.36. The highest BCUT2D eigenvalue weighted by Gasteiger charge is 2.34. The second-order valence-electron chi connectivity index (χ2n) is 4.50. The third kappa shape index (κ3) is 2.99. The second kappa shape index (κ2) is 5.12. The summed E-state index contributed by atoms with van der Waals surface area (Å²) in [7, 11) is 0. The molecule has 2 rings (SSSR count). The first-order chi connectivity index (χ1) is 9.70. The van der Waals surface area contributed by atoms with Crippen LogP contribution in [0.4, 0.5) is 18.0 Å². The molecule has 1 unspecified atom stereocenters. The SMILES string of the molecule is CC1=C(C(=O)O)C(c2cccc(C(F)(F)F)c2)NC(=O)N1. The third-order valence-electron chi connectivity index (χ3n) is 3.05. The van der Waals surface area contributed by atoms with Crippen LogP contribution in [0.2, 0.25) is 0 Å². The van der Waals surface area contributed by atoms with Gasteiger partial charge in [0.25, 0.3) is 0 Å². The van der Waals surface area contributed by atoms with Crippen molar-refractivity contribution in [1.29, 1.82) is 0 Å². The number of halogens is 3. The summed E-state index contributed by atoms with van der Waals surface area (Å²) < 4.78 is 38.1. The van der Waals surface area contributed by atoms with Gasteiger partial charge in [-0.05, 0) is 24.6 Å². The molecule has 0 spiro atoms. The minimum absolute atomic E-state index is 0.0522. The summed E-state index contributed by atoms with van der Waals surface area (Å²) >= 11 is 0. The Kier molecular flexibility index (Phi) is 3.63. The van der Waals surface area contributed by atoms with E-state index in [0.29, 0.717) is 0 Å². The van der Waals surface area contributed by atoms with E-state index in [9.17, 15) is 27.9 Å². The predicted octanol–water partition coefficient (Wildman–Crippen LogP) is 2.42. The van der Waals surface area contributed by atoms with Crippen LogP contribution in [0.5, 0.6) is 0 Å². The van der Waals surface area contributed by atoms with E-state index in [-0.39, 0.29) is 16.8 Å². The number of rotatable bonds is 2. The van der Waals surface area contributed by atoms with Crippen molar-refractivity contribution in [2.24, 2.45) is 0 Å². The number of amides is 2. The Morgan fingerprint density at radius 3 is 2.57 bits per heavy atom. The molecule has 0 fully saturated rings. The monoisotopic (exact) mass is 300 g/mol. The van der Waals surface area contributed by atoms with Crippen molar-refractivity contribution in [3.05, 3.63) is 46.7 Å². The zero-order valence-electron chi connectivity index (χ0n) is 10.8. The molecule has 0 radical (unpaired) electrons. The number of benzene rings is 1. The molecular weight excluding hydrogens is 289 g/mol. The number of aliphatic carboxylic acids is 1. The second-order valence-corrected chi connectivity index (χ2v) is 4.50. The first-order valence-corrected chi connectivity index (χ1v) is 5.89. The molecule has 0 aromatic heterocycles. The van der Waals surface area contributed by atoms with Gasteiger partial charge in [-0.1, -0.05) is 12.1 Å². The summed E-state index contributed by atoms with van der Waals surface area (Å²) in [5.41, 5.74) is -0.964. The summed E-state index contributed by atoms with van der Waals surface area (Å²) in [6, 6.07) is 2.40. The molecule has 5 nitrogen and oxygen atoms in total. The molecule has 0 saturated carbocycles. The van der Waals surface area contributed by atoms with Gasteiger partial charge in [0, 0.05) is 5.70 Å². The van der Waals surface area contributed by atoms with Crippen molar-refractivity contribution < 1.29 is 27.9 Å². The number of allylic oxidation sites excluding steroid dienone is 1. The molecule has 112 valence electrons. The van der Waals surface area contributed by atoms with E-state index in [1.54, 1.807) is 0 Å². The van der Waals surface area contributed by atoms with Gasteiger partial charge in [0.05, 0.1) is 17.2 Å². The smallest absolute Gasteiger partial charge is 0.416 e. The van der Waals surface area contributed by atoms with Gasteiger partial charge >= 0.3 is 18.2 Å². The minimum Gasteiger partial charge on any atom is -0.478 e. The Bertz CT molecular complexity index is 638. The lowest BCUT2D eigenvalue weighted by Crippen LogP contribution is -2.45. The molecule has 1 heterocycles. The Hall–Kier alpha value is -2.51. The largest absolute Gasteiger partial charge is 0.478 e. The Morgan fingerprint density at radius 2 is 2.00 bits per heavy atom. The van der Waals surface area contributed by atoms with Crippen LogP contribution in [0.1, 0.15) is 24.1 Å². The van der Waals surface area contributed by atoms with E-state index >= 15 is 0 Å². The molecule has 1 aromatic carbocycles. The molecule has 0 bridgehead atoms. The van der Waals surface area contributed by atoms with Crippen LogP contribution in [0, 0.1) is 0 Å². The van der Waals surface area contributed by atoms with E-state index in [0.717, 1.165) is 12.1 Å². The van der Waals surface area contributed by atoms with Crippen LogP contribution in [0.15, 0.2) is 35.5 Å². The van der Waals surface area contributed by atoms with E-state index < -0.39 is 29.8 Å². The van der Waals surface area contributed by atoms with Crippen molar-refractivity contribution in [3.8, 4) is 0 Å². The average molecular weight is 300 g/mol. The maximum Gasteiger partial charge on any atom is 0.416 e. The number of carboxylic acid groups (broad SMARTS) is 1. The highest BCUT2D eigenvalue weighted by molar-refractivity contribution is 5.93. The van der Waals surface area contributed by atoms with Gasteiger partial charge in [-0.15, -0.1) is 0 Å². The van der Waals surface area contributed by atoms with Crippen LogP contribution in [-0.4, -0.2) is 17.1 Å². The molecule has 21 heavy (non-hydrogen) atoms. The zero-order chi connectivity index (χ0) is 15.8. The fourth-order valence-corrected chi connectivity index (χ4v) is 2.12. The molecule has 0 saturated heterocycles. The predicted molar refractivity (Wildman–Crippen MR) is 66.2 cm³/mol. The molecule has 3 N–H and O–H groups in total. The topological polar surface area (TPSA) is 78.4 Å². The Balaban J connectivity index is 2.51. The van der Waals surface area contributed by atoms with Crippen molar-refractivity contribution in [2.45, 2.75) is 19.1 Å². The van der Waals surface area contributed by atoms with E-state index in [1.165, 1.54) is 19.1 Å². The van der Waals surface area contributed by atoms with Crippen molar-refractivity contribution in [1.82, 2.24) is 10.6 Å². The highest BCUT2D eigenvalue weighted by atomic mass is 19.4. The first kappa shape index (κ1) is 14.9. The fourth-order valence-electron chi connectivity index (χ4n) is 2.12. The third-order valence-corrected chi connectivity index (χ3v) is 3.05. The molecule has 1 aliphatic rings. The number of urea groups is 1. The standard InChI is InChI=1S/C13H11F3N2O3/c1-6-9(11(19)20)10(18-12(21)17-6)7-3-2-4-8(5-7)13(14,15)16/h2-5,10H,1H3,(H,19,20)(H2,17,18,21). The van der Waals surface area contributed by atoms with Crippen LogP contribution in [-0.2, 0) is 11.0 Å². The van der Waals surface area contributed by atoms with Crippen molar-refractivity contribution >= 4 is 12.0 Å². The summed E-state index contributed by atoms with van der Waals surface area (Å²) in [6.45, 7) is 1.38. The number of alkyl halides is 3. The lowest BCUT2D eigenvalue weighted by atomic mass is 9.94. The first-order valence-electron chi connectivity index (χ1n) is 5.89. The van der Waals surface area contributed by atoms with Gasteiger partial charge < -0.3 is 15.7 Å². The Morgan fingerprint density at radius 1 is 1.33 bits per heavy atom. The fraction of sp³-hybridized carbons (Fsp3) is 0.231. The zero-order valence-corrected chi connectivity index (χ0v) is 10.8. The van der Waals surface area contributed by atoms with Gasteiger partial charge in [0.15, 0.2) is 0 Å². The van der Waals surface area contributed by atoms with Gasteiger partial charge in [0.2, 0.25) is 0 Å². The van der Waals surface area contributed by atoms with E-state index in [4.69, 9.17) is 0 Å². The van der Waals surface area contributed by atoms with Gasteiger partial charge in [-0.25, -0.2) is 9.59 Å². The number of hydrogen-bond acceptors (Lipinski definition) is 2. The molecule has 1 aromatic rings.